The molecule has 3 nitrogen and oxygen atoms in total. The Labute approximate surface area is 126 Å². The van der Waals surface area contributed by atoms with Crippen LogP contribution in [0, 0.1) is 5.92 Å². The second kappa shape index (κ2) is 6.76. The molecule has 2 saturated heterocycles. The maximum absolute atomic E-state index is 2.68. The summed E-state index contributed by atoms with van der Waals surface area (Å²) in [6.07, 6.45) is 2.80. The van der Waals surface area contributed by atoms with Crippen LogP contribution in [-0.4, -0.2) is 72.1 Å². The van der Waals surface area contributed by atoms with Gasteiger partial charge in [0, 0.05) is 44.3 Å². The Morgan fingerprint density at radius 1 is 1.00 bits per heavy atom. The van der Waals surface area contributed by atoms with Gasteiger partial charge in [-0.25, -0.2) is 0 Å². The van der Waals surface area contributed by atoms with Crippen molar-refractivity contribution in [3.63, 3.8) is 0 Å². The van der Waals surface area contributed by atoms with Crippen LogP contribution < -0.4 is 0 Å². The van der Waals surface area contributed by atoms with Gasteiger partial charge in [-0.2, -0.15) is 0 Å². The van der Waals surface area contributed by atoms with Crippen LogP contribution in [-0.2, 0) is 0 Å². The van der Waals surface area contributed by atoms with Gasteiger partial charge in [-0.3, -0.25) is 9.80 Å². The van der Waals surface area contributed by atoms with Gasteiger partial charge >= 0.3 is 0 Å². The quantitative estimate of drug-likeness (QED) is 0.784. The largest absolute Gasteiger partial charge is 0.301 e. The molecule has 0 aliphatic carbocycles. The van der Waals surface area contributed by atoms with Crippen LogP contribution in [0.2, 0.25) is 0 Å². The minimum Gasteiger partial charge on any atom is -0.301 e. The van der Waals surface area contributed by atoms with E-state index >= 15 is 0 Å². The van der Waals surface area contributed by atoms with Crippen LogP contribution in [0.4, 0.5) is 0 Å². The molecule has 0 saturated carbocycles. The van der Waals surface area contributed by atoms with Crippen LogP contribution >= 0.6 is 0 Å². The Hall–Kier alpha value is -0.120. The smallest absolute Gasteiger partial charge is 0.0125 e. The van der Waals surface area contributed by atoms with Crippen molar-refractivity contribution < 1.29 is 0 Å². The van der Waals surface area contributed by atoms with E-state index in [9.17, 15) is 0 Å². The van der Waals surface area contributed by atoms with Gasteiger partial charge in [0.2, 0.25) is 0 Å². The van der Waals surface area contributed by atoms with E-state index in [4.69, 9.17) is 0 Å². The van der Waals surface area contributed by atoms with Gasteiger partial charge in [0.25, 0.3) is 0 Å². The zero-order chi connectivity index (χ0) is 14.8. The predicted molar refractivity (Wildman–Crippen MR) is 87.2 cm³/mol. The zero-order valence-electron chi connectivity index (χ0n) is 14.4. The van der Waals surface area contributed by atoms with Crippen LogP contribution in [0.15, 0.2) is 0 Å². The zero-order valence-corrected chi connectivity index (χ0v) is 14.4. The normalized spacial score (nSPS) is 27.6. The summed E-state index contributed by atoms with van der Waals surface area (Å²) in [5.41, 5.74) is 0.359. The van der Waals surface area contributed by atoms with E-state index in [0.717, 1.165) is 5.92 Å². The van der Waals surface area contributed by atoms with Crippen molar-refractivity contribution >= 4 is 0 Å². The fourth-order valence-electron chi connectivity index (χ4n) is 3.55. The first kappa shape index (κ1) is 16.3. The lowest BCUT2D eigenvalue weighted by Gasteiger charge is -2.37. The van der Waals surface area contributed by atoms with Crippen molar-refractivity contribution in [1.82, 2.24) is 14.7 Å². The van der Waals surface area contributed by atoms with Crippen LogP contribution in [0.5, 0.6) is 0 Å². The van der Waals surface area contributed by atoms with E-state index in [1.165, 1.54) is 58.7 Å². The number of piperazine rings is 1. The highest BCUT2D eigenvalue weighted by atomic mass is 15.3. The molecular weight excluding hydrogens is 246 g/mol. The molecule has 118 valence electrons. The average Bonchev–Trinajstić information content (AvgIpc) is 2.85. The van der Waals surface area contributed by atoms with Gasteiger partial charge in [0.05, 0.1) is 0 Å². The number of hydrogen-bond donors (Lipinski definition) is 0. The number of rotatable bonds is 4. The molecule has 0 N–H and O–H groups in total. The third-order valence-corrected chi connectivity index (χ3v) is 5.23. The van der Waals surface area contributed by atoms with E-state index < -0.39 is 0 Å². The first-order valence-electron chi connectivity index (χ1n) is 8.57. The molecule has 2 heterocycles. The lowest BCUT2D eigenvalue weighted by molar-refractivity contribution is 0.103. The number of hydrogen-bond acceptors (Lipinski definition) is 3. The minimum absolute atomic E-state index is 0.359. The fraction of sp³-hybridized carbons (Fsp3) is 1.00. The van der Waals surface area contributed by atoms with Gasteiger partial charge in [-0.1, -0.05) is 0 Å². The Kier molecular flexibility index (Phi) is 5.49. The molecule has 2 fully saturated rings. The Morgan fingerprint density at radius 2 is 1.65 bits per heavy atom. The number of nitrogens with zero attached hydrogens (tertiary/aromatic N) is 3. The van der Waals surface area contributed by atoms with Gasteiger partial charge in [0.15, 0.2) is 0 Å². The van der Waals surface area contributed by atoms with Crippen LogP contribution in [0.3, 0.4) is 0 Å². The van der Waals surface area contributed by atoms with E-state index in [0.29, 0.717) is 11.6 Å². The summed E-state index contributed by atoms with van der Waals surface area (Å²) in [6, 6.07) is 0.715. The maximum atomic E-state index is 2.68. The van der Waals surface area contributed by atoms with E-state index in [-0.39, 0.29) is 0 Å². The van der Waals surface area contributed by atoms with Crippen molar-refractivity contribution in [2.45, 2.75) is 59.0 Å². The first-order valence-corrected chi connectivity index (χ1v) is 8.57. The molecule has 0 aromatic rings. The highest BCUT2D eigenvalue weighted by molar-refractivity contribution is 4.85. The Balaban J connectivity index is 1.65. The van der Waals surface area contributed by atoms with Crippen molar-refractivity contribution in [1.29, 1.82) is 0 Å². The van der Waals surface area contributed by atoms with E-state index in [2.05, 4.69) is 49.3 Å². The molecule has 3 heteroatoms. The standard InChI is InChI=1S/C17H35N3/c1-15(2)19-12-10-18(11-13-19)8-6-16-7-9-20(14-16)17(3,4)5/h15-16H,6-14H2,1-5H3. The molecule has 0 aromatic carbocycles. The second-order valence-electron chi connectivity index (χ2n) is 8.03. The number of likely N-dealkylation sites (tertiary alicyclic amines) is 1. The van der Waals surface area contributed by atoms with Crippen LogP contribution in [0.25, 0.3) is 0 Å². The van der Waals surface area contributed by atoms with Crippen molar-refractivity contribution in [2.75, 3.05) is 45.8 Å². The van der Waals surface area contributed by atoms with Crippen molar-refractivity contribution in [3.8, 4) is 0 Å². The molecule has 1 unspecified atom stereocenters. The SMILES string of the molecule is CC(C)N1CCN(CCC2CCN(C(C)(C)C)C2)CC1. The summed E-state index contributed by atoms with van der Waals surface area (Å²) < 4.78 is 0. The molecule has 2 aliphatic rings. The maximum Gasteiger partial charge on any atom is 0.0125 e. The minimum atomic E-state index is 0.359. The topological polar surface area (TPSA) is 9.72 Å². The molecule has 20 heavy (non-hydrogen) atoms. The van der Waals surface area contributed by atoms with E-state index in [1.807, 2.05) is 0 Å². The third-order valence-electron chi connectivity index (χ3n) is 5.23. The van der Waals surface area contributed by atoms with E-state index in [1.54, 1.807) is 0 Å². The molecule has 2 rings (SSSR count). The second-order valence-corrected chi connectivity index (χ2v) is 8.03. The lowest BCUT2D eigenvalue weighted by Crippen LogP contribution is -2.49. The Morgan fingerprint density at radius 3 is 2.15 bits per heavy atom. The first-order chi connectivity index (χ1) is 9.36. The summed E-state index contributed by atoms with van der Waals surface area (Å²) in [5.74, 6) is 0.928. The molecular formula is C17H35N3. The highest BCUT2D eigenvalue weighted by Crippen LogP contribution is 2.26. The average molecular weight is 281 g/mol. The molecule has 2 aliphatic heterocycles. The van der Waals surface area contributed by atoms with Crippen LogP contribution in [0.1, 0.15) is 47.5 Å². The molecule has 1 atom stereocenters. The van der Waals surface area contributed by atoms with Gasteiger partial charge in [-0.15, -0.1) is 0 Å². The molecule has 0 spiro atoms. The van der Waals surface area contributed by atoms with Crippen molar-refractivity contribution in [2.24, 2.45) is 5.92 Å². The predicted octanol–water partition coefficient (Wildman–Crippen LogP) is 2.52. The summed E-state index contributed by atoms with van der Waals surface area (Å²) in [4.78, 5) is 7.94. The summed E-state index contributed by atoms with van der Waals surface area (Å²) in [7, 11) is 0. The fourth-order valence-corrected chi connectivity index (χ4v) is 3.55. The molecule has 0 radical (unpaired) electrons. The van der Waals surface area contributed by atoms with Crippen molar-refractivity contribution in [3.05, 3.63) is 0 Å². The monoisotopic (exact) mass is 281 g/mol. The van der Waals surface area contributed by atoms with Gasteiger partial charge in [-0.05, 0) is 66.5 Å². The third kappa shape index (κ3) is 4.44. The summed E-state index contributed by atoms with van der Waals surface area (Å²) in [5, 5.41) is 0. The highest BCUT2D eigenvalue weighted by Gasteiger charge is 2.30. The molecule has 0 aromatic heterocycles. The molecule has 0 amide bonds. The lowest BCUT2D eigenvalue weighted by atomic mass is 10.0. The summed E-state index contributed by atoms with van der Waals surface area (Å²) in [6.45, 7) is 20.7. The van der Waals surface area contributed by atoms with Gasteiger partial charge in [0.1, 0.15) is 0 Å². The molecule has 0 bridgehead atoms. The van der Waals surface area contributed by atoms with Gasteiger partial charge < -0.3 is 4.90 Å². The summed E-state index contributed by atoms with van der Waals surface area (Å²) >= 11 is 0. The Bertz CT molecular complexity index is 287.